The molecule has 1 rings (SSSR count). The first-order valence-electron chi connectivity index (χ1n) is 6.01. The van der Waals surface area contributed by atoms with Gasteiger partial charge in [0.25, 0.3) is 0 Å². The van der Waals surface area contributed by atoms with Crippen molar-refractivity contribution in [2.24, 2.45) is 0 Å². The quantitative estimate of drug-likeness (QED) is 0.684. The van der Waals surface area contributed by atoms with Crippen LogP contribution < -0.4 is 15.8 Å². The van der Waals surface area contributed by atoms with Crippen molar-refractivity contribution in [1.82, 2.24) is 10.0 Å². The van der Waals surface area contributed by atoms with E-state index in [1.165, 1.54) is 13.0 Å². The van der Waals surface area contributed by atoms with Crippen LogP contribution in [0.15, 0.2) is 27.6 Å². The summed E-state index contributed by atoms with van der Waals surface area (Å²) in [6.45, 7) is 5.08. The van der Waals surface area contributed by atoms with Gasteiger partial charge in [-0.15, -0.1) is 0 Å². The predicted octanol–water partition coefficient (Wildman–Crippen LogP) is 1.22. The largest absolute Gasteiger partial charge is 0.399 e. The number of anilines is 1. The zero-order chi connectivity index (χ0) is 15.5. The van der Waals surface area contributed by atoms with Crippen LogP contribution in [0.5, 0.6) is 0 Å². The Morgan fingerprint density at radius 3 is 2.45 bits per heavy atom. The zero-order valence-corrected chi connectivity index (χ0v) is 13.9. The number of benzene rings is 1. The number of hydrogen-bond acceptors (Lipinski definition) is 4. The van der Waals surface area contributed by atoms with E-state index in [9.17, 15) is 13.2 Å². The van der Waals surface area contributed by atoms with E-state index in [1.54, 1.807) is 26.0 Å². The fraction of sp³-hybridized carbons (Fsp3) is 0.417. The van der Waals surface area contributed by atoms with Crippen LogP contribution in [0, 0.1) is 0 Å². The van der Waals surface area contributed by atoms with Gasteiger partial charge in [0.15, 0.2) is 0 Å². The van der Waals surface area contributed by atoms with Crippen molar-refractivity contribution in [3.05, 3.63) is 22.7 Å². The molecule has 0 spiro atoms. The molecule has 4 N–H and O–H groups in total. The summed E-state index contributed by atoms with van der Waals surface area (Å²) in [5, 5.41) is 2.64. The summed E-state index contributed by atoms with van der Waals surface area (Å²) in [5.41, 5.74) is 5.92. The SMILES string of the molecule is CC(C)NC(=O)C(C)NS(=O)(=O)c1cc(N)ccc1Br. The van der Waals surface area contributed by atoms with E-state index in [4.69, 9.17) is 5.73 Å². The smallest absolute Gasteiger partial charge is 0.242 e. The number of nitrogens with one attached hydrogen (secondary N) is 2. The lowest BCUT2D eigenvalue weighted by Gasteiger charge is -2.16. The van der Waals surface area contributed by atoms with Crippen LogP contribution in [0.1, 0.15) is 20.8 Å². The van der Waals surface area contributed by atoms with E-state index in [2.05, 4.69) is 26.0 Å². The topological polar surface area (TPSA) is 101 Å². The molecule has 1 aromatic rings. The number of sulfonamides is 1. The van der Waals surface area contributed by atoms with Crippen LogP contribution in [-0.4, -0.2) is 26.4 Å². The third-order valence-electron chi connectivity index (χ3n) is 2.40. The van der Waals surface area contributed by atoms with Crippen molar-refractivity contribution in [3.8, 4) is 0 Å². The Bertz CT molecular complexity index is 602. The Kier molecular flexibility index (Phi) is 5.55. The number of rotatable bonds is 5. The van der Waals surface area contributed by atoms with Crippen LogP contribution in [0.4, 0.5) is 5.69 Å². The fourth-order valence-electron chi connectivity index (χ4n) is 1.49. The van der Waals surface area contributed by atoms with Gasteiger partial charge in [-0.3, -0.25) is 4.79 Å². The van der Waals surface area contributed by atoms with Crippen molar-refractivity contribution in [2.75, 3.05) is 5.73 Å². The monoisotopic (exact) mass is 363 g/mol. The molecular formula is C12H18BrN3O3S. The maximum Gasteiger partial charge on any atom is 0.242 e. The number of carbonyl (C=O) groups is 1. The van der Waals surface area contributed by atoms with Crippen molar-refractivity contribution < 1.29 is 13.2 Å². The molecule has 112 valence electrons. The Balaban J connectivity index is 2.95. The molecule has 0 aliphatic carbocycles. The summed E-state index contributed by atoms with van der Waals surface area (Å²) in [6.07, 6.45) is 0. The Hall–Kier alpha value is -1.12. The highest BCUT2D eigenvalue weighted by Crippen LogP contribution is 2.24. The maximum absolute atomic E-state index is 12.2. The standard InChI is InChI=1S/C12H18BrN3O3S/c1-7(2)15-12(17)8(3)16-20(18,19)11-6-9(14)4-5-10(11)13/h4-8,16H,14H2,1-3H3,(H,15,17). The first-order chi connectivity index (χ1) is 9.13. The number of halogens is 1. The average Bonchev–Trinajstić information content (AvgIpc) is 2.30. The summed E-state index contributed by atoms with van der Waals surface area (Å²) < 4.78 is 27.2. The van der Waals surface area contributed by atoms with Gasteiger partial charge in [0, 0.05) is 16.2 Å². The molecule has 0 aliphatic rings. The van der Waals surface area contributed by atoms with Crippen LogP contribution in [-0.2, 0) is 14.8 Å². The van der Waals surface area contributed by atoms with Gasteiger partial charge in [-0.25, -0.2) is 8.42 Å². The molecule has 0 heterocycles. The first kappa shape index (κ1) is 16.9. The van der Waals surface area contributed by atoms with E-state index >= 15 is 0 Å². The number of amides is 1. The second-order valence-electron chi connectivity index (χ2n) is 4.70. The second kappa shape index (κ2) is 6.55. The summed E-state index contributed by atoms with van der Waals surface area (Å²) >= 11 is 3.16. The highest BCUT2D eigenvalue weighted by atomic mass is 79.9. The van der Waals surface area contributed by atoms with Crippen LogP contribution in [0.25, 0.3) is 0 Å². The van der Waals surface area contributed by atoms with Crippen LogP contribution in [0.3, 0.4) is 0 Å². The average molecular weight is 364 g/mol. The van der Waals surface area contributed by atoms with Gasteiger partial charge in [-0.05, 0) is 54.9 Å². The minimum Gasteiger partial charge on any atom is -0.399 e. The molecular weight excluding hydrogens is 346 g/mol. The van der Waals surface area contributed by atoms with Gasteiger partial charge in [-0.2, -0.15) is 4.72 Å². The molecule has 0 aromatic heterocycles. The summed E-state index contributed by atoms with van der Waals surface area (Å²) in [7, 11) is -3.83. The van der Waals surface area contributed by atoms with Gasteiger partial charge in [0.05, 0.1) is 10.9 Å². The normalized spacial score (nSPS) is 13.2. The predicted molar refractivity (Wildman–Crippen MR) is 81.6 cm³/mol. The molecule has 0 aliphatic heterocycles. The van der Waals surface area contributed by atoms with E-state index in [-0.39, 0.29) is 16.8 Å². The Labute approximate surface area is 127 Å². The maximum atomic E-state index is 12.2. The minimum atomic E-state index is -3.83. The van der Waals surface area contributed by atoms with Gasteiger partial charge < -0.3 is 11.1 Å². The third kappa shape index (κ3) is 4.46. The molecule has 20 heavy (non-hydrogen) atoms. The van der Waals surface area contributed by atoms with Crippen LogP contribution in [0.2, 0.25) is 0 Å². The zero-order valence-electron chi connectivity index (χ0n) is 11.5. The summed E-state index contributed by atoms with van der Waals surface area (Å²) in [6, 6.07) is 3.52. The molecule has 0 saturated heterocycles. The Morgan fingerprint density at radius 1 is 1.30 bits per heavy atom. The molecule has 0 radical (unpaired) electrons. The van der Waals surface area contributed by atoms with Gasteiger partial charge in [0.1, 0.15) is 0 Å². The highest BCUT2D eigenvalue weighted by Gasteiger charge is 2.24. The molecule has 0 bridgehead atoms. The van der Waals surface area contributed by atoms with Crippen molar-refractivity contribution in [3.63, 3.8) is 0 Å². The van der Waals surface area contributed by atoms with Gasteiger partial charge in [0.2, 0.25) is 15.9 Å². The lowest BCUT2D eigenvalue weighted by atomic mass is 10.3. The first-order valence-corrected chi connectivity index (χ1v) is 8.29. The second-order valence-corrected chi connectivity index (χ2v) is 7.23. The molecule has 1 amide bonds. The minimum absolute atomic E-state index is 0.00157. The number of nitrogens with two attached hydrogens (primary N) is 1. The lowest BCUT2D eigenvalue weighted by Crippen LogP contribution is -2.46. The molecule has 0 fully saturated rings. The molecule has 1 atom stereocenters. The van der Waals surface area contributed by atoms with E-state index in [0.29, 0.717) is 10.2 Å². The van der Waals surface area contributed by atoms with Crippen molar-refractivity contribution >= 4 is 37.5 Å². The van der Waals surface area contributed by atoms with Crippen LogP contribution >= 0.6 is 15.9 Å². The van der Waals surface area contributed by atoms with Gasteiger partial charge >= 0.3 is 0 Å². The molecule has 1 aromatic carbocycles. The molecule has 6 nitrogen and oxygen atoms in total. The summed E-state index contributed by atoms with van der Waals surface area (Å²) in [5.74, 6) is -0.386. The number of hydrogen-bond donors (Lipinski definition) is 3. The molecule has 8 heteroatoms. The number of carbonyl (C=O) groups excluding carboxylic acids is 1. The molecule has 0 saturated carbocycles. The number of nitrogen functional groups attached to an aromatic ring is 1. The van der Waals surface area contributed by atoms with Crippen molar-refractivity contribution in [1.29, 1.82) is 0 Å². The third-order valence-corrected chi connectivity index (χ3v) is 4.94. The van der Waals surface area contributed by atoms with E-state index < -0.39 is 16.1 Å². The summed E-state index contributed by atoms with van der Waals surface area (Å²) in [4.78, 5) is 11.7. The highest BCUT2D eigenvalue weighted by molar-refractivity contribution is 9.10. The van der Waals surface area contributed by atoms with E-state index in [1.807, 2.05) is 0 Å². The fourth-order valence-corrected chi connectivity index (χ4v) is 3.69. The van der Waals surface area contributed by atoms with Gasteiger partial charge in [-0.1, -0.05) is 0 Å². The van der Waals surface area contributed by atoms with E-state index in [0.717, 1.165) is 0 Å². The Morgan fingerprint density at radius 2 is 1.90 bits per heavy atom. The molecule has 1 unspecified atom stereocenters. The lowest BCUT2D eigenvalue weighted by molar-refractivity contribution is -0.122. The van der Waals surface area contributed by atoms with Crippen molar-refractivity contribution in [2.45, 2.75) is 37.8 Å².